The molecule has 4 nitrogen and oxygen atoms in total. The van der Waals surface area contributed by atoms with Crippen molar-refractivity contribution < 1.29 is 4.79 Å². The molecule has 0 fully saturated rings. The third-order valence-corrected chi connectivity index (χ3v) is 3.34. The van der Waals surface area contributed by atoms with Crippen LogP contribution in [0.3, 0.4) is 0 Å². The Morgan fingerprint density at radius 1 is 1.10 bits per heavy atom. The number of rotatable bonds is 5. The van der Waals surface area contributed by atoms with Crippen molar-refractivity contribution in [1.29, 1.82) is 0 Å². The summed E-state index contributed by atoms with van der Waals surface area (Å²) in [5, 5.41) is 0. The number of hydrogen-bond donors (Lipinski definition) is 2. The van der Waals surface area contributed by atoms with Gasteiger partial charge in [0.25, 0.3) is 5.91 Å². The van der Waals surface area contributed by atoms with Gasteiger partial charge in [-0.25, -0.2) is 0 Å². The molecule has 0 saturated heterocycles. The van der Waals surface area contributed by atoms with Crippen LogP contribution in [0.2, 0.25) is 0 Å². The number of hydrogen-bond acceptors (Lipinski definition) is 3. The molecule has 2 aromatic rings. The van der Waals surface area contributed by atoms with Crippen molar-refractivity contribution in [2.45, 2.75) is 6.42 Å². The number of carbonyl (C=O) groups is 1. The molecule has 0 aromatic heterocycles. The van der Waals surface area contributed by atoms with Crippen LogP contribution in [0.1, 0.15) is 15.9 Å². The molecule has 1 amide bonds. The van der Waals surface area contributed by atoms with Crippen LogP contribution in [0, 0.1) is 0 Å². The number of primary amides is 1. The summed E-state index contributed by atoms with van der Waals surface area (Å²) in [4.78, 5) is 13.3. The van der Waals surface area contributed by atoms with Gasteiger partial charge < -0.3 is 16.4 Å². The van der Waals surface area contributed by atoms with Crippen molar-refractivity contribution in [2.24, 2.45) is 5.73 Å². The standard InChI is InChI=1S/C16H19N3O/c1-19(11-10-12-6-3-2-4-7-12)14-9-5-8-13(15(14)17)16(18)20/h2-9H,10-11,17H2,1H3,(H2,18,20). The van der Waals surface area contributed by atoms with Crippen molar-refractivity contribution in [3.05, 3.63) is 59.7 Å². The van der Waals surface area contributed by atoms with Crippen LogP contribution in [-0.2, 0) is 6.42 Å². The molecule has 0 unspecified atom stereocenters. The number of benzene rings is 2. The summed E-state index contributed by atoms with van der Waals surface area (Å²) in [6.07, 6.45) is 0.914. The van der Waals surface area contributed by atoms with Gasteiger partial charge >= 0.3 is 0 Å². The number of amides is 1. The molecule has 0 heterocycles. The minimum absolute atomic E-state index is 0.370. The van der Waals surface area contributed by atoms with E-state index in [9.17, 15) is 4.79 Å². The van der Waals surface area contributed by atoms with Crippen LogP contribution in [0.5, 0.6) is 0 Å². The van der Waals surface area contributed by atoms with E-state index in [1.807, 2.05) is 36.2 Å². The number of nitrogens with two attached hydrogens (primary N) is 2. The Kier molecular flexibility index (Phi) is 4.25. The van der Waals surface area contributed by atoms with Gasteiger partial charge in [0.1, 0.15) is 0 Å². The smallest absolute Gasteiger partial charge is 0.250 e. The molecule has 0 aliphatic carbocycles. The average molecular weight is 269 g/mol. The van der Waals surface area contributed by atoms with Crippen LogP contribution in [-0.4, -0.2) is 19.5 Å². The summed E-state index contributed by atoms with van der Waals surface area (Å²) in [5.74, 6) is -0.499. The SMILES string of the molecule is CN(CCc1ccccc1)c1cccc(C(N)=O)c1N. The molecule has 0 saturated carbocycles. The molecule has 0 aliphatic heterocycles. The molecule has 4 N–H and O–H groups in total. The van der Waals surface area contributed by atoms with Gasteiger partial charge in [-0.2, -0.15) is 0 Å². The molecule has 0 spiro atoms. The van der Waals surface area contributed by atoms with Crippen molar-refractivity contribution >= 4 is 17.3 Å². The minimum atomic E-state index is -0.499. The molecule has 104 valence electrons. The van der Waals surface area contributed by atoms with E-state index < -0.39 is 5.91 Å². The second kappa shape index (κ2) is 6.10. The maximum Gasteiger partial charge on any atom is 0.250 e. The summed E-state index contributed by atoms with van der Waals surface area (Å²) in [6.45, 7) is 0.816. The van der Waals surface area contributed by atoms with Crippen molar-refractivity contribution in [3.8, 4) is 0 Å². The summed E-state index contributed by atoms with van der Waals surface area (Å²) < 4.78 is 0. The number of anilines is 2. The summed E-state index contributed by atoms with van der Waals surface area (Å²) in [7, 11) is 1.96. The predicted molar refractivity (Wildman–Crippen MR) is 82.8 cm³/mol. The highest BCUT2D eigenvalue weighted by molar-refractivity contribution is 6.00. The molecule has 2 aromatic carbocycles. The minimum Gasteiger partial charge on any atom is -0.396 e. The topological polar surface area (TPSA) is 72.3 Å². The third kappa shape index (κ3) is 3.09. The fourth-order valence-electron chi connectivity index (χ4n) is 2.16. The monoisotopic (exact) mass is 269 g/mol. The lowest BCUT2D eigenvalue weighted by atomic mass is 10.1. The Hall–Kier alpha value is -2.49. The number of likely N-dealkylation sites (N-methyl/N-ethyl adjacent to an activating group) is 1. The summed E-state index contributed by atoms with van der Waals surface area (Å²) in [5.41, 5.74) is 14.2. The van der Waals surface area contributed by atoms with Crippen LogP contribution in [0.15, 0.2) is 48.5 Å². The van der Waals surface area contributed by atoms with Gasteiger partial charge in [0, 0.05) is 13.6 Å². The van der Waals surface area contributed by atoms with Crippen LogP contribution < -0.4 is 16.4 Å². The first-order chi connectivity index (χ1) is 9.59. The zero-order valence-corrected chi connectivity index (χ0v) is 11.5. The average Bonchev–Trinajstić information content (AvgIpc) is 2.46. The molecule has 0 radical (unpaired) electrons. The molecule has 4 heteroatoms. The quantitative estimate of drug-likeness (QED) is 0.816. The largest absolute Gasteiger partial charge is 0.396 e. The second-order valence-electron chi connectivity index (χ2n) is 4.76. The van der Waals surface area contributed by atoms with E-state index in [1.54, 1.807) is 12.1 Å². The molecule has 0 bridgehead atoms. The first-order valence-corrected chi connectivity index (χ1v) is 6.53. The number of nitrogen functional groups attached to an aromatic ring is 1. The first kappa shape index (κ1) is 13.9. The van der Waals surface area contributed by atoms with E-state index in [4.69, 9.17) is 11.5 Å². The lowest BCUT2D eigenvalue weighted by Gasteiger charge is -2.22. The van der Waals surface area contributed by atoms with E-state index in [0.29, 0.717) is 11.3 Å². The lowest BCUT2D eigenvalue weighted by molar-refractivity contribution is 0.100. The van der Waals surface area contributed by atoms with E-state index in [1.165, 1.54) is 5.56 Å². The van der Waals surface area contributed by atoms with E-state index in [2.05, 4.69) is 12.1 Å². The van der Waals surface area contributed by atoms with Gasteiger partial charge in [-0.15, -0.1) is 0 Å². The predicted octanol–water partition coefficient (Wildman–Crippen LogP) is 2.05. The molecule has 2 rings (SSSR count). The number of carbonyl (C=O) groups excluding carboxylic acids is 1. The Bertz CT molecular complexity index is 596. The first-order valence-electron chi connectivity index (χ1n) is 6.53. The van der Waals surface area contributed by atoms with Crippen LogP contribution in [0.25, 0.3) is 0 Å². The summed E-state index contributed by atoms with van der Waals surface area (Å²) >= 11 is 0. The van der Waals surface area contributed by atoms with Crippen molar-refractivity contribution in [1.82, 2.24) is 0 Å². The zero-order chi connectivity index (χ0) is 14.5. The Labute approximate surface area is 119 Å². The second-order valence-corrected chi connectivity index (χ2v) is 4.76. The highest BCUT2D eigenvalue weighted by Crippen LogP contribution is 2.25. The van der Waals surface area contributed by atoms with Gasteiger partial charge in [0.2, 0.25) is 0 Å². The molecule has 0 atom stereocenters. The van der Waals surface area contributed by atoms with E-state index >= 15 is 0 Å². The Balaban J connectivity index is 2.11. The fourth-order valence-corrected chi connectivity index (χ4v) is 2.16. The maximum absolute atomic E-state index is 11.3. The molecule has 20 heavy (non-hydrogen) atoms. The fraction of sp³-hybridized carbons (Fsp3) is 0.188. The van der Waals surface area contributed by atoms with Crippen molar-refractivity contribution in [3.63, 3.8) is 0 Å². The normalized spacial score (nSPS) is 10.2. The Morgan fingerprint density at radius 3 is 2.45 bits per heavy atom. The van der Waals surface area contributed by atoms with Gasteiger partial charge in [0.05, 0.1) is 16.9 Å². The van der Waals surface area contributed by atoms with Crippen LogP contribution >= 0.6 is 0 Å². The maximum atomic E-state index is 11.3. The van der Waals surface area contributed by atoms with Crippen LogP contribution in [0.4, 0.5) is 11.4 Å². The zero-order valence-electron chi connectivity index (χ0n) is 11.5. The van der Waals surface area contributed by atoms with E-state index in [0.717, 1.165) is 18.7 Å². The van der Waals surface area contributed by atoms with Gasteiger partial charge in [0.15, 0.2) is 0 Å². The molecule has 0 aliphatic rings. The Morgan fingerprint density at radius 2 is 1.80 bits per heavy atom. The van der Waals surface area contributed by atoms with Gasteiger partial charge in [-0.1, -0.05) is 36.4 Å². The summed E-state index contributed by atoms with van der Waals surface area (Å²) in [6, 6.07) is 15.6. The number of nitrogens with zero attached hydrogens (tertiary/aromatic N) is 1. The van der Waals surface area contributed by atoms with E-state index in [-0.39, 0.29) is 0 Å². The highest BCUT2D eigenvalue weighted by atomic mass is 16.1. The van der Waals surface area contributed by atoms with Gasteiger partial charge in [-0.3, -0.25) is 4.79 Å². The highest BCUT2D eigenvalue weighted by Gasteiger charge is 2.12. The molecular formula is C16H19N3O. The number of para-hydroxylation sites is 1. The van der Waals surface area contributed by atoms with Crippen molar-refractivity contribution in [2.75, 3.05) is 24.2 Å². The third-order valence-electron chi connectivity index (χ3n) is 3.34. The van der Waals surface area contributed by atoms with Gasteiger partial charge in [-0.05, 0) is 24.1 Å². The molecular weight excluding hydrogens is 250 g/mol. The lowest BCUT2D eigenvalue weighted by Crippen LogP contribution is -2.23.